The lowest BCUT2D eigenvalue weighted by Gasteiger charge is -2.25. The predicted molar refractivity (Wildman–Crippen MR) is 110 cm³/mol. The Morgan fingerprint density at radius 2 is 1.97 bits per heavy atom. The largest absolute Gasteiger partial charge is 0.461 e. The highest BCUT2D eigenvalue weighted by Gasteiger charge is 2.27. The normalized spacial score (nSPS) is 15.9. The number of rotatable bonds is 6. The number of carbonyl (C=O) groups is 1. The summed E-state index contributed by atoms with van der Waals surface area (Å²) < 4.78 is 20.8. The van der Waals surface area contributed by atoms with Crippen LogP contribution in [0.4, 0.5) is 10.1 Å². The standard InChI is InChI=1S/C21H23FN4O2S/c1-14(20(27)23-16-11-9-15(22)10-12-16)29-21-25-24-19(18-8-5-13-28-18)26(21)17-6-3-2-4-7-17/h5,8-14,17H,2-4,6-7H2,1H3,(H,23,27). The number of carbonyl (C=O) groups excluding carboxylic acids is 1. The van der Waals surface area contributed by atoms with Gasteiger partial charge >= 0.3 is 0 Å². The number of nitrogens with zero attached hydrogens (tertiary/aromatic N) is 3. The van der Waals surface area contributed by atoms with Crippen molar-refractivity contribution in [3.63, 3.8) is 0 Å². The van der Waals surface area contributed by atoms with Crippen molar-refractivity contribution in [1.29, 1.82) is 0 Å². The van der Waals surface area contributed by atoms with Crippen molar-refractivity contribution < 1.29 is 13.6 Å². The maximum atomic E-state index is 13.1. The third-order valence-corrected chi connectivity index (χ3v) is 6.17. The van der Waals surface area contributed by atoms with Gasteiger partial charge < -0.3 is 9.73 Å². The molecule has 2 heterocycles. The Labute approximate surface area is 172 Å². The summed E-state index contributed by atoms with van der Waals surface area (Å²) in [6, 6.07) is 9.75. The lowest BCUT2D eigenvalue weighted by atomic mass is 9.95. The van der Waals surface area contributed by atoms with Crippen LogP contribution in [0.1, 0.15) is 45.1 Å². The molecule has 0 spiro atoms. The van der Waals surface area contributed by atoms with Gasteiger partial charge in [-0.15, -0.1) is 10.2 Å². The number of hydrogen-bond acceptors (Lipinski definition) is 5. The molecule has 0 saturated heterocycles. The van der Waals surface area contributed by atoms with E-state index in [1.54, 1.807) is 18.4 Å². The van der Waals surface area contributed by atoms with Gasteiger partial charge in [0.05, 0.1) is 11.5 Å². The van der Waals surface area contributed by atoms with E-state index in [0.717, 1.165) is 12.8 Å². The first kappa shape index (κ1) is 19.7. The quantitative estimate of drug-likeness (QED) is 0.554. The zero-order valence-corrected chi connectivity index (χ0v) is 17.0. The number of anilines is 1. The minimum Gasteiger partial charge on any atom is -0.461 e. The minimum absolute atomic E-state index is 0.167. The number of thioether (sulfide) groups is 1. The van der Waals surface area contributed by atoms with Gasteiger partial charge in [0.2, 0.25) is 11.7 Å². The average molecular weight is 415 g/mol. The molecule has 4 rings (SSSR count). The molecule has 0 aliphatic heterocycles. The third kappa shape index (κ3) is 4.53. The summed E-state index contributed by atoms with van der Waals surface area (Å²) in [4.78, 5) is 12.6. The minimum atomic E-state index is -0.393. The van der Waals surface area contributed by atoms with Crippen LogP contribution in [0, 0.1) is 5.82 Å². The molecule has 1 amide bonds. The zero-order chi connectivity index (χ0) is 20.2. The Morgan fingerprint density at radius 1 is 1.21 bits per heavy atom. The molecule has 1 aliphatic carbocycles. The van der Waals surface area contributed by atoms with E-state index in [0.29, 0.717) is 28.5 Å². The van der Waals surface area contributed by atoms with Crippen LogP contribution in [0.2, 0.25) is 0 Å². The van der Waals surface area contributed by atoms with Gasteiger partial charge in [-0.1, -0.05) is 31.0 Å². The Morgan fingerprint density at radius 3 is 2.66 bits per heavy atom. The number of nitrogens with one attached hydrogen (secondary N) is 1. The van der Waals surface area contributed by atoms with Crippen LogP contribution >= 0.6 is 11.8 Å². The van der Waals surface area contributed by atoms with Crippen LogP contribution in [0.15, 0.2) is 52.2 Å². The molecule has 6 nitrogen and oxygen atoms in total. The van der Waals surface area contributed by atoms with Crippen LogP contribution in [0.25, 0.3) is 11.6 Å². The molecule has 1 N–H and O–H groups in total. The van der Waals surface area contributed by atoms with Gasteiger partial charge in [-0.2, -0.15) is 0 Å². The lowest BCUT2D eigenvalue weighted by Crippen LogP contribution is -2.23. The van der Waals surface area contributed by atoms with Crippen molar-refractivity contribution in [2.45, 2.75) is 55.5 Å². The molecule has 1 aliphatic rings. The van der Waals surface area contributed by atoms with Crippen LogP contribution in [-0.2, 0) is 4.79 Å². The number of benzene rings is 1. The molecule has 1 fully saturated rings. The van der Waals surface area contributed by atoms with Gasteiger partial charge in [0.1, 0.15) is 5.82 Å². The van der Waals surface area contributed by atoms with Crippen molar-refractivity contribution in [3.05, 3.63) is 48.5 Å². The third-order valence-electron chi connectivity index (χ3n) is 5.11. The van der Waals surface area contributed by atoms with Crippen LogP contribution < -0.4 is 5.32 Å². The summed E-state index contributed by atoms with van der Waals surface area (Å²) in [5.74, 6) is 0.879. The Bertz CT molecular complexity index is 950. The van der Waals surface area contributed by atoms with E-state index < -0.39 is 5.25 Å². The smallest absolute Gasteiger partial charge is 0.237 e. The highest BCUT2D eigenvalue weighted by molar-refractivity contribution is 8.00. The molecule has 0 radical (unpaired) electrons. The second kappa shape index (κ2) is 8.82. The molecule has 0 bridgehead atoms. The second-order valence-electron chi connectivity index (χ2n) is 7.20. The van der Waals surface area contributed by atoms with E-state index in [2.05, 4.69) is 20.1 Å². The van der Waals surface area contributed by atoms with E-state index in [9.17, 15) is 9.18 Å². The first-order valence-corrected chi connectivity index (χ1v) is 10.7. The molecule has 1 atom stereocenters. The topological polar surface area (TPSA) is 73.0 Å². The molecule has 3 aromatic rings. The fraction of sp³-hybridized carbons (Fsp3) is 0.381. The maximum absolute atomic E-state index is 13.1. The number of amides is 1. The van der Waals surface area contributed by atoms with Gasteiger partial charge in [-0.05, 0) is 56.2 Å². The van der Waals surface area contributed by atoms with Crippen molar-refractivity contribution in [1.82, 2.24) is 14.8 Å². The van der Waals surface area contributed by atoms with Crippen molar-refractivity contribution in [2.75, 3.05) is 5.32 Å². The lowest BCUT2D eigenvalue weighted by molar-refractivity contribution is -0.115. The molecule has 2 aromatic heterocycles. The summed E-state index contributed by atoms with van der Waals surface area (Å²) in [5.41, 5.74) is 0.564. The van der Waals surface area contributed by atoms with Crippen LogP contribution in [0.5, 0.6) is 0 Å². The maximum Gasteiger partial charge on any atom is 0.237 e. The monoisotopic (exact) mass is 414 g/mol. The van der Waals surface area contributed by atoms with Crippen LogP contribution in [-0.4, -0.2) is 25.9 Å². The van der Waals surface area contributed by atoms with Gasteiger partial charge in [0, 0.05) is 11.7 Å². The average Bonchev–Trinajstić information content (AvgIpc) is 3.40. The number of halogens is 1. The van der Waals surface area contributed by atoms with Gasteiger partial charge in [-0.3, -0.25) is 9.36 Å². The zero-order valence-electron chi connectivity index (χ0n) is 16.2. The van der Waals surface area contributed by atoms with Crippen molar-refractivity contribution >= 4 is 23.4 Å². The van der Waals surface area contributed by atoms with E-state index in [1.165, 1.54) is 43.2 Å². The van der Waals surface area contributed by atoms with Crippen molar-refractivity contribution in [2.24, 2.45) is 0 Å². The highest BCUT2D eigenvalue weighted by Crippen LogP contribution is 2.36. The van der Waals surface area contributed by atoms with Gasteiger partial charge in [0.15, 0.2) is 10.9 Å². The number of hydrogen-bond donors (Lipinski definition) is 1. The highest BCUT2D eigenvalue weighted by atomic mass is 32.2. The van der Waals surface area contributed by atoms with E-state index in [-0.39, 0.29) is 11.7 Å². The summed E-state index contributed by atoms with van der Waals surface area (Å²) in [6.07, 6.45) is 7.34. The van der Waals surface area contributed by atoms with E-state index in [4.69, 9.17) is 4.42 Å². The Kier molecular flexibility index (Phi) is 5.99. The molecule has 152 valence electrons. The van der Waals surface area contributed by atoms with Gasteiger partial charge in [0.25, 0.3) is 0 Å². The number of furan rings is 1. The predicted octanol–water partition coefficient (Wildman–Crippen LogP) is 5.30. The molecule has 8 heteroatoms. The Balaban J connectivity index is 1.54. The molecule has 29 heavy (non-hydrogen) atoms. The van der Waals surface area contributed by atoms with E-state index >= 15 is 0 Å². The molecular formula is C21H23FN4O2S. The summed E-state index contributed by atoms with van der Waals surface area (Å²) >= 11 is 1.37. The SMILES string of the molecule is CC(Sc1nnc(-c2ccco2)n1C1CCCCC1)C(=O)Nc1ccc(F)cc1. The van der Waals surface area contributed by atoms with E-state index in [1.807, 2.05) is 19.1 Å². The molecule has 1 saturated carbocycles. The first-order valence-electron chi connectivity index (χ1n) is 9.83. The summed E-state index contributed by atoms with van der Waals surface area (Å²) in [5, 5.41) is 11.9. The molecule has 1 unspecified atom stereocenters. The number of aromatic nitrogens is 3. The fourth-order valence-electron chi connectivity index (χ4n) is 3.59. The molecule has 1 aromatic carbocycles. The summed E-state index contributed by atoms with van der Waals surface area (Å²) in [6.45, 7) is 1.83. The first-order chi connectivity index (χ1) is 14.1. The Hall–Kier alpha value is -2.61. The van der Waals surface area contributed by atoms with Crippen LogP contribution in [0.3, 0.4) is 0 Å². The summed E-state index contributed by atoms with van der Waals surface area (Å²) in [7, 11) is 0. The van der Waals surface area contributed by atoms with Gasteiger partial charge in [-0.25, -0.2) is 4.39 Å². The molecular weight excluding hydrogens is 391 g/mol. The fourth-order valence-corrected chi connectivity index (χ4v) is 4.51. The second-order valence-corrected chi connectivity index (χ2v) is 8.51. The van der Waals surface area contributed by atoms with Crippen molar-refractivity contribution in [3.8, 4) is 11.6 Å².